The lowest BCUT2D eigenvalue weighted by molar-refractivity contribution is 0.0913. The third kappa shape index (κ3) is 3.24. The second-order valence-corrected chi connectivity index (χ2v) is 7.45. The van der Waals surface area contributed by atoms with E-state index in [1.165, 1.54) is 23.7 Å². The molecule has 156 valence electrons. The summed E-state index contributed by atoms with van der Waals surface area (Å²) in [6.07, 6.45) is 6.51. The summed E-state index contributed by atoms with van der Waals surface area (Å²) in [4.78, 5) is 8.49. The Labute approximate surface area is 176 Å². The van der Waals surface area contributed by atoms with Gasteiger partial charge in [-0.3, -0.25) is 9.67 Å². The Morgan fingerprint density at radius 1 is 1.13 bits per heavy atom. The zero-order valence-corrected chi connectivity index (χ0v) is 16.6. The number of nitrogens with zero attached hydrogens (tertiary/aromatic N) is 6. The van der Waals surface area contributed by atoms with Gasteiger partial charge in [0.15, 0.2) is 5.65 Å². The number of benzene rings is 1. The summed E-state index contributed by atoms with van der Waals surface area (Å²) < 4.78 is 18.1. The number of hydrogen-bond acceptors (Lipinski definition) is 6. The van der Waals surface area contributed by atoms with Gasteiger partial charge in [-0.1, -0.05) is 6.07 Å². The maximum absolute atomic E-state index is 14.9. The van der Waals surface area contributed by atoms with E-state index in [9.17, 15) is 9.50 Å². The molecule has 8 nitrogen and oxygen atoms in total. The minimum absolute atomic E-state index is 0.0189. The molecule has 0 radical (unpaired) electrons. The number of halogens is 1. The summed E-state index contributed by atoms with van der Waals surface area (Å²) in [5.41, 5.74) is 1.13. The molecule has 0 aliphatic heterocycles. The molecule has 1 aromatic carbocycles. The second kappa shape index (κ2) is 7.22. The van der Waals surface area contributed by atoms with Crippen molar-refractivity contribution in [3.05, 3.63) is 78.3 Å². The molecule has 0 fully saturated rings. The van der Waals surface area contributed by atoms with Crippen LogP contribution < -0.4 is 0 Å². The molecular formula is C22H19FN6O2. The second-order valence-electron chi connectivity index (χ2n) is 7.45. The average Bonchev–Trinajstić information content (AvgIpc) is 3.40. The lowest BCUT2D eigenvalue weighted by Gasteiger charge is -2.24. The van der Waals surface area contributed by atoms with Crippen molar-refractivity contribution in [1.82, 2.24) is 29.4 Å². The molecule has 0 aliphatic carbocycles. The van der Waals surface area contributed by atoms with Crippen LogP contribution in [0.25, 0.3) is 27.8 Å². The highest BCUT2D eigenvalue weighted by Crippen LogP contribution is 2.33. The molecule has 4 aromatic heterocycles. The van der Waals surface area contributed by atoms with E-state index in [0.717, 1.165) is 10.9 Å². The number of aromatic nitrogens is 6. The van der Waals surface area contributed by atoms with Crippen LogP contribution in [0.3, 0.4) is 0 Å². The first-order valence-electron chi connectivity index (χ1n) is 9.73. The monoisotopic (exact) mass is 418 g/mol. The lowest BCUT2D eigenvalue weighted by atomic mass is 9.91. The molecule has 9 heteroatoms. The fourth-order valence-electron chi connectivity index (χ4n) is 3.69. The maximum atomic E-state index is 14.9. The van der Waals surface area contributed by atoms with Crippen LogP contribution in [0.15, 0.2) is 61.2 Å². The minimum Gasteiger partial charge on any atom is -0.394 e. The Morgan fingerprint density at radius 3 is 2.84 bits per heavy atom. The highest BCUT2D eigenvalue weighted by atomic mass is 19.1. The van der Waals surface area contributed by atoms with E-state index in [2.05, 4.69) is 20.2 Å². The lowest BCUT2D eigenvalue weighted by Crippen LogP contribution is -2.27. The Bertz CT molecular complexity index is 1410. The van der Waals surface area contributed by atoms with Gasteiger partial charge in [0, 0.05) is 35.0 Å². The molecule has 0 aliphatic rings. The summed E-state index contributed by atoms with van der Waals surface area (Å²) >= 11 is 0. The van der Waals surface area contributed by atoms with Crippen LogP contribution in [0.2, 0.25) is 0 Å². The van der Waals surface area contributed by atoms with Crippen LogP contribution in [0.4, 0.5) is 4.39 Å². The summed E-state index contributed by atoms with van der Waals surface area (Å²) in [5, 5.41) is 30.0. The minimum atomic E-state index is -1.69. The number of pyridine rings is 1. The molecule has 4 heterocycles. The van der Waals surface area contributed by atoms with Gasteiger partial charge in [0.05, 0.1) is 42.4 Å². The molecule has 1 unspecified atom stereocenters. The number of rotatable bonds is 5. The van der Waals surface area contributed by atoms with Crippen LogP contribution in [-0.2, 0) is 12.1 Å². The predicted octanol–water partition coefficient (Wildman–Crippen LogP) is 2.53. The number of aliphatic hydroxyl groups is 2. The number of imidazole rings is 1. The average molecular weight is 418 g/mol. The van der Waals surface area contributed by atoms with Gasteiger partial charge in [-0.15, -0.1) is 0 Å². The van der Waals surface area contributed by atoms with Crippen molar-refractivity contribution in [2.45, 2.75) is 19.1 Å². The molecule has 2 N–H and O–H groups in total. The van der Waals surface area contributed by atoms with Crippen molar-refractivity contribution in [3.63, 3.8) is 0 Å². The number of hydrogen-bond donors (Lipinski definition) is 2. The van der Waals surface area contributed by atoms with Crippen LogP contribution in [0.1, 0.15) is 18.2 Å². The Morgan fingerprint density at radius 2 is 2.00 bits per heavy atom. The molecule has 0 amide bonds. The van der Waals surface area contributed by atoms with Gasteiger partial charge in [0.2, 0.25) is 0 Å². The largest absolute Gasteiger partial charge is 0.394 e. The van der Waals surface area contributed by atoms with Gasteiger partial charge in [-0.2, -0.15) is 10.2 Å². The fourth-order valence-corrected chi connectivity index (χ4v) is 3.69. The smallest absolute Gasteiger partial charge is 0.153 e. The van der Waals surface area contributed by atoms with Crippen molar-refractivity contribution < 1.29 is 14.6 Å². The first kappa shape index (κ1) is 19.3. The molecular weight excluding hydrogens is 399 g/mol. The van der Waals surface area contributed by atoms with E-state index in [4.69, 9.17) is 5.11 Å². The van der Waals surface area contributed by atoms with E-state index in [0.29, 0.717) is 29.1 Å². The Kier molecular flexibility index (Phi) is 4.49. The van der Waals surface area contributed by atoms with Crippen molar-refractivity contribution in [3.8, 4) is 11.3 Å². The highest BCUT2D eigenvalue weighted by Gasteiger charge is 2.33. The molecule has 5 aromatic rings. The first-order chi connectivity index (χ1) is 15.0. The van der Waals surface area contributed by atoms with Gasteiger partial charge < -0.3 is 10.2 Å². The van der Waals surface area contributed by atoms with Crippen LogP contribution in [-0.4, -0.2) is 46.2 Å². The Hall–Kier alpha value is -3.69. The van der Waals surface area contributed by atoms with E-state index in [1.807, 2.05) is 6.07 Å². The van der Waals surface area contributed by atoms with Crippen molar-refractivity contribution in [1.29, 1.82) is 0 Å². The van der Waals surface area contributed by atoms with E-state index in [-0.39, 0.29) is 12.2 Å². The van der Waals surface area contributed by atoms with E-state index >= 15 is 0 Å². The van der Waals surface area contributed by atoms with Gasteiger partial charge in [-0.25, -0.2) is 13.9 Å². The zero-order valence-electron chi connectivity index (χ0n) is 16.6. The van der Waals surface area contributed by atoms with Crippen LogP contribution in [0.5, 0.6) is 0 Å². The molecule has 31 heavy (non-hydrogen) atoms. The SMILES string of the molecule is CC(O)(c1cc2cccnc2cc1F)c1cnc2ccc(-c3cnn(CCO)c3)nn12. The molecule has 1 atom stereocenters. The van der Waals surface area contributed by atoms with Crippen LogP contribution >= 0.6 is 0 Å². The summed E-state index contributed by atoms with van der Waals surface area (Å²) in [6, 6.07) is 10.1. The molecule has 0 saturated carbocycles. The van der Waals surface area contributed by atoms with Crippen molar-refractivity contribution in [2.75, 3.05) is 6.61 Å². The zero-order chi connectivity index (χ0) is 21.6. The molecule has 0 spiro atoms. The molecule has 0 saturated heterocycles. The van der Waals surface area contributed by atoms with E-state index < -0.39 is 11.4 Å². The number of fused-ring (bicyclic) bond motifs is 2. The quantitative estimate of drug-likeness (QED) is 0.455. The predicted molar refractivity (Wildman–Crippen MR) is 112 cm³/mol. The standard InChI is InChI=1S/C22H19FN6O2/c1-22(31,16-9-14-3-2-6-24-19(14)10-17(16)23)20-12-25-21-5-4-18(27-29(20)21)15-11-26-28(13-15)7-8-30/h2-6,9-13,30-31H,7-8H2,1H3. The normalized spacial score (nSPS) is 13.7. The third-order valence-electron chi connectivity index (χ3n) is 5.34. The first-order valence-corrected chi connectivity index (χ1v) is 9.73. The van der Waals surface area contributed by atoms with E-state index in [1.54, 1.807) is 47.5 Å². The van der Waals surface area contributed by atoms with Gasteiger partial charge >= 0.3 is 0 Å². The van der Waals surface area contributed by atoms with Gasteiger partial charge in [0.25, 0.3) is 0 Å². The van der Waals surface area contributed by atoms with Crippen LogP contribution in [0, 0.1) is 5.82 Å². The summed E-state index contributed by atoms with van der Waals surface area (Å²) in [7, 11) is 0. The molecule has 0 bridgehead atoms. The summed E-state index contributed by atoms with van der Waals surface area (Å²) in [5.74, 6) is -0.562. The maximum Gasteiger partial charge on any atom is 0.153 e. The highest BCUT2D eigenvalue weighted by molar-refractivity contribution is 5.79. The third-order valence-corrected chi connectivity index (χ3v) is 5.34. The van der Waals surface area contributed by atoms with Gasteiger partial charge in [0.1, 0.15) is 11.4 Å². The Balaban J connectivity index is 1.63. The number of aliphatic hydroxyl groups excluding tert-OH is 1. The van der Waals surface area contributed by atoms with Crippen molar-refractivity contribution >= 4 is 16.6 Å². The molecule has 5 rings (SSSR count). The van der Waals surface area contributed by atoms with Crippen molar-refractivity contribution in [2.24, 2.45) is 0 Å². The topological polar surface area (TPSA) is 101 Å². The fraction of sp³-hybridized carbons (Fsp3) is 0.182. The van der Waals surface area contributed by atoms with Gasteiger partial charge in [-0.05, 0) is 31.2 Å². The summed E-state index contributed by atoms with van der Waals surface area (Å²) in [6.45, 7) is 1.88.